The van der Waals surface area contributed by atoms with E-state index in [0.29, 0.717) is 24.5 Å². The van der Waals surface area contributed by atoms with E-state index in [1.54, 1.807) is 50.1 Å². The molecule has 0 unspecified atom stereocenters. The van der Waals surface area contributed by atoms with E-state index in [4.69, 9.17) is 9.15 Å². The Morgan fingerprint density at radius 1 is 1.03 bits per heavy atom. The Bertz CT molecular complexity index is 1260. The van der Waals surface area contributed by atoms with E-state index in [1.807, 2.05) is 24.3 Å². The largest absolute Gasteiger partial charge is 0.497 e. The van der Waals surface area contributed by atoms with Crippen molar-refractivity contribution in [2.45, 2.75) is 50.7 Å². The van der Waals surface area contributed by atoms with Gasteiger partial charge in [-0.3, -0.25) is 9.59 Å². The maximum absolute atomic E-state index is 13.3. The summed E-state index contributed by atoms with van der Waals surface area (Å²) in [5.74, 6) is 0.829. The average molecular weight is 528 g/mol. The van der Waals surface area contributed by atoms with Crippen molar-refractivity contribution in [3.05, 3.63) is 83.8 Å². The minimum Gasteiger partial charge on any atom is -0.497 e. The SMILES string of the molecule is CCNS(=O)(=O)c1ccc(CCC(=O)N(Cc2ccc(OC)cc2)[C@@H](C)C(=O)NCc2ccco2)cc1. The number of amides is 2. The normalized spacial score (nSPS) is 12.1. The predicted octanol–water partition coefficient (Wildman–Crippen LogP) is 3.25. The molecule has 0 saturated carbocycles. The maximum atomic E-state index is 13.3. The first-order valence-corrected chi connectivity index (χ1v) is 13.5. The number of carbonyl (C=O) groups excluding carboxylic acids is 2. The van der Waals surface area contributed by atoms with E-state index in [-0.39, 0.29) is 36.2 Å². The molecule has 3 aromatic rings. The molecule has 0 spiro atoms. The second-order valence-corrected chi connectivity index (χ2v) is 10.3. The van der Waals surface area contributed by atoms with E-state index in [0.717, 1.165) is 11.1 Å². The molecular formula is C27H33N3O6S. The van der Waals surface area contributed by atoms with Crippen molar-refractivity contribution in [3.63, 3.8) is 0 Å². The Labute approximate surface area is 217 Å². The number of furan rings is 1. The number of methoxy groups -OCH3 is 1. The van der Waals surface area contributed by atoms with Gasteiger partial charge in [0.05, 0.1) is 24.8 Å². The molecule has 0 bridgehead atoms. The van der Waals surface area contributed by atoms with Crippen LogP contribution in [0.3, 0.4) is 0 Å². The van der Waals surface area contributed by atoms with Crippen LogP contribution in [0.2, 0.25) is 0 Å². The highest BCUT2D eigenvalue weighted by Crippen LogP contribution is 2.17. The number of sulfonamides is 1. The molecule has 9 nitrogen and oxygen atoms in total. The van der Waals surface area contributed by atoms with Gasteiger partial charge >= 0.3 is 0 Å². The van der Waals surface area contributed by atoms with Crippen LogP contribution in [0.15, 0.2) is 76.2 Å². The van der Waals surface area contributed by atoms with Gasteiger partial charge in [-0.05, 0) is 60.9 Å². The number of hydrogen-bond acceptors (Lipinski definition) is 6. The van der Waals surface area contributed by atoms with Gasteiger partial charge in [0, 0.05) is 19.5 Å². The lowest BCUT2D eigenvalue weighted by Crippen LogP contribution is -2.47. The molecule has 2 aromatic carbocycles. The van der Waals surface area contributed by atoms with Crippen LogP contribution in [0.1, 0.15) is 37.2 Å². The van der Waals surface area contributed by atoms with Crippen molar-refractivity contribution in [2.24, 2.45) is 0 Å². The molecule has 0 saturated heterocycles. The zero-order valence-electron chi connectivity index (χ0n) is 21.3. The second kappa shape index (κ2) is 13.1. The minimum absolute atomic E-state index is 0.158. The zero-order chi connectivity index (χ0) is 26.8. The molecule has 0 aliphatic rings. The average Bonchev–Trinajstić information content (AvgIpc) is 3.43. The van der Waals surface area contributed by atoms with Crippen LogP contribution < -0.4 is 14.8 Å². The van der Waals surface area contributed by atoms with Crippen LogP contribution in [0, 0.1) is 0 Å². The first kappa shape index (κ1) is 27.9. The molecule has 0 fully saturated rings. The van der Waals surface area contributed by atoms with Crippen LogP contribution in [-0.4, -0.2) is 44.8 Å². The van der Waals surface area contributed by atoms with E-state index in [2.05, 4.69) is 10.0 Å². The number of ether oxygens (including phenoxy) is 1. The van der Waals surface area contributed by atoms with Gasteiger partial charge in [-0.1, -0.05) is 31.2 Å². The number of carbonyl (C=O) groups is 2. The third kappa shape index (κ3) is 7.93. The van der Waals surface area contributed by atoms with Gasteiger partial charge in [0.15, 0.2) is 0 Å². The number of nitrogens with zero attached hydrogens (tertiary/aromatic N) is 1. The molecule has 1 atom stereocenters. The number of hydrogen-bond donors (Lipinski definition) is 2. The minimum atomic E-state index is -3.54. The highest BCUT2D eigenvalue weighted by atomic mass is 32.2. The summed E-state index contributed by atoms with van der Waals surface area (Å²) >= 11 is 0. The summed E-state index contributed by atoms with van der Waals surface area (Å²) in [6, 6.07) is 16.6. The van der Waals surface area contributed by atoms with Crippen LogP contribution in [-0.2, 0) is 39.1 Å². The van der Waals surface area contributed by atoms with E-state index in [9.17, 15) is 18.0 Å². The zero-order valence-corrected chi connectivity index (χ0v) is 22.1. The lowest BCUT2D eigenvalue weighted by molar-refractivity contribution is -0.140. The lowest BCUT2D eigenvalue weighted by Gasteiger charge is -2.29. The van der Waals surface area contributed by atoms with Gasteiger partial charge < -0.3 is 19.4 Å². The predicted molar refractivity (Wildman–Crippen MR) is 139 cm³/mol. The number of nitrogens with one attached hydrogen (secondary N) is 2. The summed E-state index contributed by atoms with van der Waals surface area (Å²) in [5, 5.41) is 2.82. The van der Waals surface area contributed by atoms with Gasteiger partial charge in [-0.25, -0.2) is 13.1 Å². The molecular weight excluding hydrogens is 494 g/mol. The highest BCUT2D eigenvalue weighted by Gasteiger charge is 2.26. The molecule has 1 heterocycles. The van der Waals surface area contributed by atoms with Gasteiger partial charge in [0.2, 0.25) is 21.8 Å². The first-order chi connectivity index (χ1) is 17.7. The van der Waals surface area contributed by atoms with Crippen molar-refractivity contribution in [2.75, 3.05) is 13.7 Å². The summed E-state index contributed by atoms with van der Waals surface area (Å²) in [5.41, 5.74) is 1.68. The summed E-state index contributed by atoms with van der Waals surface area (Å²) in [6.45, 7) is 4.18. The molecule has 2 N–H and O–H groups in total. The number of rotatable bonds is 13. The van der Waals surface area contributed by atoms with Crippen LogP contribution in [0.4, 0.5) is 0 Å². The quantitative estimate of drug-likeness (QED) is 0.352. The molecule has 1 aromatic heterocycles. The second-order valence-electron chi connectivity index (χ2n) is 8.49. The fourth-order valence-corrected chi connectivity index (χ4v) is 4.79. The monoisotopic (exact) mass is 527 g/mol. The lowest BCUT2D eigenvalue weighted by atomic mass is 10.1. The summed E-state index contributed by atoms with van der Waals surface area (Å²) in [7, 11) is -1.96. The molecule has 3 rings (SSSR count). The summed E-state index contributed by atoms with van der Waals surface area (Å²) in [6.07, 6.45) is 2.10. The van der Waals surface area contributed by atoms with E-state index < -0.39 is 16.1 Å². The van der Waals surface area contributed by atoms with Gasteiger partial charge in [-0.2, -0.15) is 0 Å². The summed E-state index contributed by atoms with van der Waals surface area (Å²) < 4.78 is 37.2. The highest BCUT2D eigenvalue weighted by molar-refractivity contribution is 7.89. The molecule has 0 radical (unpaired) electrons. The third-order valence-corrected chi connectivity index (χ3v) is 7.45. The van der Waals surface area contributed by atoms with Crippen LogP contribution >= 0.6 is 0 Å². The van der Waals surface area contributed by atoms with Crippen molar-refractivity contribution in [1.82, 2.24) is 14.9 Å². The van der Waals surface area contributed by atoms with E-state index >= 15 is 0 Å². The van der Waals surface area contributed by atoms with Gasteiger partial charge in [0.25, 0.3) is 0 Å². The van der Waals surface area contributed by atoms with Crippen molar-refractivity contribution in [3.8, 4) is 5.75 Å². The Morgan fingerprint density at radius 2 is 1.70 bits per heavy atom. The van der Waals surface area contributed by atoms with Crippen molar-refractivity contribution < 1.29 is 27.2 Å². The van der Waals surface area contributed by atoms with Crippen molar-refractivity contribution in [1.29, 1.82) is 0 Å². The van der Waals surface area contributed by atoms with E-state index in [1.165, 1.54) is 18.4 Å². The maximum Gasteiger partial charge on any atom is 0.242 e. The van der Waals surface area contributed by atoms with Crippen molar-refractivity contribution >= 4 is 21.8 Å². The van der Waals surface area contributed by atoms with Gasteiger partial charge in [0.1, 0.15) is 17.6 Å². The molecule has 198 valence electrons. The molecule has 0 aliphatic carbocycles. The smallest absolute Gasteiger partial charge is 0.242 e. The number of aryl methyl sites for hydroxylation is 1. The topological polar surface area (TPSA) is 118 Å². The molecule has 0 aliphatic heterocycles. The van der Waals surface area contributed by atoms with Crippen LogP contribution in [0.25, 0.3) is 0 Å². The molecule has 37 heavy (non-hydrogen) atoms. The Morgan fingerprint density at radius 3 is 2.30 bits per heavy atom. The Kier molecular flexibility index (Phi) is 9.87. The fourth-order valence-electron chi connectivity index (χ4n) is 3.75. The van der Waals surface area contributed by atoms with Crippen LogP contribution in [0.5, 0.6) is 5.75 Å². The number of benzene rings is 2. The standard InChI is InChI=1S/C27H33N3O6S/c1-4-29-37(33,34)25-14-9-21(10-15-25)11-16-26(31)30(19-22-7-12-23(35-3)13-8-22)20(2)27(32)28-18-24-6-5-17-36-24/h5-10,12-15,17,20,29H,4,11,16,18-19H2,1-3H3,(H,28,32)/t20-/m0/s1. The Balaban J connectivity index is 1.70. The summed E-state index contributed by atoms with van der Waals surface area (Å²) in [4.78, 5) is 28.0. The Hall–Kier alpha value is -3.63. The molecule has 10 heteroatoms. The fraction of sp³-hybridized carbons (Fsp3) is 0.333. The molecule has 2 amide bonds. The van der Waals surface area contributed by atoms with Gasteiger partial charge in [-0.15, -0.1) is 0 Å². The third-order valence-electron chi connectivity index (χ3n) is 5.89. The first-order valence-electron chi connectivity index (χ1n) is 12.0.